The minimum Gasteiger partial charge on any atom is -0.378 e. The summed E-state index contributed by atoms with van der Waals surface area (Å²) in [5.41, 5.74) is 6.35. The summed E-state index contributed by atoms with van der Waals surface area (Å²) >= 11 is 0. The Kier molecular flexibility index (Phi) is 5.51. The summed E-state index contributed by atoms with van der Waals surface area (Å²) in [5, 5.41) is 9.21. The molecular formula is C25H25N5O. The van der Waals surface area contributed by atoms with Crippen molar-refractivity contribution < 1.29 is 4.74 Å². The van der Waals surface area contributed by atoms with E-state index in [1.807, 2.05) is 42.7 Å². The minimum atomic E-state index is 0.664. The van der Waals surface area contributed by atoms with Crippen molar-refractivity contribution in [2.45, 2.75) is 19.3 Å². The second kappa shape index (κ2) is 8.75. The van der Waals surface area contributed by atoms with Gasteiger partial charge in [0.1, 0.15) is 5.84 Å². The Labute approximate surface area is 182 Å². The number of ether oxygens (including phenoxy) is 1. The van der Waals surface area contributed by atoms with Crippen LogP contribution in [-0.2, 0) is 4.74 Å². The molecular weight excluding hydrogens is 386 g/mol. The summed E-state index contributed by atoms with van der Waals surface area (Å²) in [5.74, 6) is 1.13. The van der Waals surface area contributed by atoms with Gasteiger partial charge < -0.3 is 14.5 Å². The molecule has 2 fully saturated rings. The zero-order valence-corrected chi connectivity index (χ0v) is 17.5. The van der Waals surface area contributed by atoms with Gasteiger partial charge in [0.15, 0.2) is 0 Å². The quantitative estimate of drug-likeness (QED) is 0.748. The van der Waals surface area contributed by atoms with Crippen molar-refractivity contribution in [2.75, 3.05) is 37.7 Å². The zero-order valence-electron chi connectivity index (χ0n) is 17.5. The van der Waals surface area contributed by atoms with Gasteiger partial charge in [-0.1, -0.05) is 18.2 Å². The lowest BCUT2D eigenvalue weighted by atomic mass is 10.00. The van der Waals surface area contributed by atoms with Crippen LogP contribution >= 0.6 is 0 Å². The van der Waals surface area contributed by atoms with Gasteiger partial charge in [-0.05, 0) is 37.1 Å². The van der Waals surface area contributed by atoms with Crippen LogP contribution in [0.3, 0.4) is 0 Å². The SMILES string of the molecule is N#Cc1ccc(C2=C3CCN(c4cccnc4)/C3=C/CCC(N3CCOCC3)=N2)cc1. The highest BCUT2D eigenvalue weighted by Crippen LogP contribution is 2.39. The Bertz CT molecular complexity index is 1070. The lowest BCUT2D eigenvalue weighted by Crippen LogP contribution is -2.40. The van der Waals surface area contributed by atoms with Crippen molar-refractivity contribution in [3.05, 3.63) is 77.3 Å². The molecule has 3 aliphatic heterocycles. The average Bonchev–Trinajstić information content (AvgIpc) is 3.23. The first-order valence-electron chi connectivity index (χ1n) is 10.9. The lowest BCUT2D eigenvalue weighted by Gasteiger charge is -2.31. The molecule has 0 atom stereocenters. The van der Waals surface area contributed by atoms with Gasteiger partial charge in [-0.25, -0.2) is 4.99 Å². The molecule has 0 bridgehead atoms. The van der Waals surface area contributed by atoms with Crippen LogP contribution in [0.1, 0.15) is 30.4 Å². The van der Waals surface area contributed by atoms with E-state index in [0.717, 1.165) is 74.9 Å². The predicted octanol–water partition coefficient (Wildman–Crippen LogP) is 3.98. The van der Waals surface area contributed by atoms with E-state index in [2.05, 4.69) is 33.0 Å². The van der Waals surface area contributed by atoms with Crippen molar-refractivity contribution >= 4 is 17.2 Å². The van der Waals surface area contributed by atoms with Gasteiger partial charge in [-0.15, -0.1) is 0 Å². The average molecular weight is 412 g/mol. The molecule has 6 nitrogen and oxygen atoms in total. The number of aromatic nitrogens is 1. The minimum absolute atomic E-state index is 0.664. The molecule has 1 aromatic heterocycles. The fourth-order valence-corrected chi connectivity index (χ4v) is 4.47. The molecule has 3 aliphatic rings. The number of allylic oxidation sites excluding steroid dienone is 2. The molecule has 0 N–H and O–H groups in total. The first kappa shape index (κ1) is 19.5. The van der Waals surface area contributed by atoms with Crippen LogP contribution in [0.5, 0.6) is 0 Å². The maximum Gasteiger partial charge on any atom is 0.105 e. The van der Waals surface area contributed by atoms with Crippen LogP contribution in [-0.4, -0.2) is 48.6 Å². The Morgan fingerprint density at radius 1 is 1.00 bits per heavy atom. The molecule has 0 radical (unpaired) electrons. The second-order valence-electron chi connectivity index (χ2n) is 7.88. The number of fused-ring (bicyclic) bond motifs is 1. The van der Waals surface area contributed by atoms with E-state index in [-0.39, 0.29) is 0 Å². The maximum atomic E-state index is 9.21. The summed E-state index contributed by atoms with van der Waals surface area (Å²) < 4.78 is 5.55. The monoisotopic (exact) mass is 411 g/mol. The van der Waals surface area contributed by atoms with E-state index in [1.165, 1.54) is 11.3 Å². The topological polar surface area (TPSA) is 64.8 Å². The molecule has 2 saturated heterocycles. The van der Waals surface area contributed by atoms with Crippen LogP contribution in [0.25, 0.3) is 5.70 Å². The fraction of sp³-hybridized carbons (Fsp3) is 0.320. The van der Waals surface area contributed by atoms with Crippen molar-refractivity contribution in [2.24, 2.45) is 4.99 Å². The molecule has 5 rings (SSSR count). The number of nitriles is 1. The van der Waals surface area contributed by atoms with Gasteiger partial charge in [0, 0.05) is 49.1 Å². The molecule has 4 heterocycles. The largest absolute Gasteiger partial charge is 0.378 e. The molecule has 0 spiro atoms. The van der Waals surface area contributed by atoms with Gasteiger partial charge in [-0.3, -0.25) is 4.98 Å². The summed E-state index contributed by atoms with van der Waals surface area (Å²) in [6.07, 6.45) is 8.87. The Morgan fingerprint density at radius 3 is 2.58 bits per heavy atom. The van der Waals surface area contributed by atoms with Crippen LogP contribution < -0.4 is 4.90 Å². The molecule has 31 heavy (non-hydrogen) atoms. The van der Waals surface area contributed by atoms with Crippen LogP contribution in [0, 0.1) is 11.3 Å². The van der Waals surface area contributed by atoms with Gasteiger partial charge in [0.25, 0.3) is 0 Å². The highest BCUT2D eigenvalue weighted by molar-refractivity contribution is 5.91. The van der Waals surface area contributed by atoms with E-state index in [9.17, 15) is 5.26 Å². The molecule has 2 aromatic rings. The van der Waals surface area contributed by atoms with Gasteiger partial charge >= 0.3 is 0 Å². The van der Waals surface area contributed by atoms with Crippen molar-refractivity contribution in [1.29, 1.82) is 5.26 Å². The van der Waals surface area contributed by atoms with Crippen LogP contribution in [0.2, 0.25) is 0 Å². The fourth-order valence-electron chi connectivity index (χ4n) is 4.47. The molecule has 6 heteroatoms. The number of aliphatic imine (C=N–C) groups is 1. The number of amidine groups is 1. The standard InChI is InChI=1S/C25H25N5O/c26-17-19-6-8-20(9-7-19)25-22-10-12-30(21-3-2-11-27-18-21)23(22)4-1-5-24(28-25)29-13-15-31-16-14-29/h2-4,6-9,11,18H,1,5,10,12-16H2/b23-4+,25-22?,28-24?. The third kappa shape index (κ3) is 3.97. The number of anilines is 1. The third-order valence-electron chi connectivity index (χ3n) is 6.04. The van der Waals surface area contributed by atoms with Crippen LogP contribution in [0.4, 0.5) is 5.69 Å². The molecule has 1 aromatic carbocycles. The number of benzene rings is 1. The highest BCUT2D eigenvalue weighted by Gasteiger charge is 2.29. The maximum absolute atomic E-state index is 9.21. The van der Waals surface area contributed by atoms with Crippen molar-refractivity contribution in [1.82, 2.24) is 9.88 Å². The van der Waals surface area contributed by atoms with Gasteiger partial charge in [-0.2, -0.15) is 5.26 Å². The summed E-state index contributed by atoms with van der Waals surface area (Å²) in [7, 11) is 0. The molecule has 0 aliphatic carbocycles. The number of nitrogens with zero attached hydrogens (tertiary/aromatic N) is 5. The smallest absolute Gasteiger partial charge is 0.105 e. The first-order valence-corrected chi connectivity index (χ1v) is 10.9. The lowest BCUT2D eigenvalue weighted by molar-refractivity contribution is 0.0672. The zero-order chi connectivity index (χ0) is 21.0. The Balaban J connectivity index is 1.60. The number of hydrogen-bond donors (Lipinski definition) is 0. The molecule has 0 unspecified atom stereocenters. The van der Waals surface area contributed by atoms with E-state index >= 15 is 0 Å². The molecule has 156 valence electrons. The van der Waals surface area contributed by atoms with E-state index in [1.54, 1.807) is 0 Å². The number of pyridine rings is 1. The summed E-state index contributed by atoms with van der Waals surface area (Å²) in [4.78, 5) is 14.3. The van der Waals surface area contributed by atoms with Crippen molar-refractivity contribution in [3.8, 4) is 6.07 Å². The Morgan fingerprint density at radius 2 is 1.84 bits per heavy atom. The van der Waals surface area contributed by atoms with Crippen molar-refractivity contribution in [3.63, 3.8) is 0 Å². The number of morpholine rings is 1. The van der Waals surface area contributed by atoms with Gasteiger partial charge in [0.05, 0.1) is 42.4 Å². The van der Waals surface area contributed by atoms with Crippen LogP contribution in [0.15, 0.2) is 71.1 Å². The van der Waals surface area contributed by atoms with Gasteiger partial charge in [0.2, 0.25) is 0 Å². The molecule has 0 amide bonds. The number of rotatable bonds is 2. The van der Waals surface area contributed by atoms with E-state index < -0.39 is 0 Å². The Hall–Kier alpha value is -3.43. The van der Waals surface area contributed by atoms with E-state index in [4.69, 9.17) is 9.73 Å². The first-order chi connectivity index (χ1) is 15.3. The highest BCUT2D eigenvalue weighted by atomic mass is 16.5. The summed E-state index contributed by atoms with van der Waals surface area (Å²) in [6.45, 7) is 4.17. The predicted molar refractivity (Wildman–Crippen MR) is 121 cm³/mol. The molecule has 0 saturated carbocycles. The van der Waals surface area contributed by atoms with E-state index in [0.29, 0.717) is 5.56 Å². The summed E-state index contributed by atoms with van der Waals surface area (Å²) in [6, 6.07) is 14.1. The third-order valence-corrected chi connectivity index (χ3v) is 6.04. The second-order valence-corrected chi connectivity index (χ2v) is 7.88. The number of hydrogen-bond acceptors (Lipinski definition) is 6. The normalized spacial score (nSPS) is 20.9.